The van der Waals surface area contributed by atoms with E-state index >= 15 is 0 Å². The maximum absolute atomic E-state index is 13.7. The number of carbonyl (C=O) groups excluding carboxylic acids is 1. The highest BCUT2D eigenvalue weighted by Gasteiger charge is 2.23. The van der Waals surface area contributed by atoms with Gasteiger partial charge in [-0.15, -0.1) is 0 Å². The summed E-state index contributed by atoms with van der Waals surface area (Å²) in [7, 11) is 3.85. The first-order valence-corrected chi connectivity index (χ1v) is 5.85. The van der Waals surface area contributed by atoms with Gasteiger partial charge in [-0.2, -0.15) is 0 Å². The van der Waals surface area contributed by atoms with Crippen LogP contribution in [0.25, 0.3) is 0 Å². The van der Waals surface area contributed by atoms with Gasteiger partial charge in [0.2, 0.25) is 0 Å². The summed E-state index contributed by atoms with van der Waals surface area (Å²) in [5, 5.41) is 0. The molecule has 0 saturated heterocycles. The molecule has 1 rings (SSSR count). The van der Waals surface area contributed by atoms with Crippen molar-refractivity contribution in [2.45, 2.75) is 26.3 Å². The molecule has 0 radical (unpaired) electrons. The molecule has 0 aliphatic heterocycles. The van der Waals surface area contributed by atoms with Gasteiger partial charge in [-0.25, -0.2) is 4.39 Å². The van der Waals surface area contributed by atoms with Crippen LogP contribution in [-0.2, 0) is 0 Å². The fourth-order valence-corrected chi connectivity index (χ4v) is 1.31. The number of likely N-dealkylation sites (N-methyl/N-ethyl adjacent to an activating group) is 1. The van der Waals surface area contributed by atoms with Crippen molar-refractivity contribution < 1.29 is 13.9 Å². The molecule has 0 amide bonds. The molecular weight excluding hydrogens is 233 g/mol. The molecule has 18 heavy (non-hydrogen) atoms. The van der Waals surface area contributed by atoms with E-state index in [0.29, 0.717) is 6.61 Å². The first-order valence-electron chi connectivity index (χ1n) is 5.85. The first kappa shape index (κ1) is 14.6. The Kier molecular flexibility index (Phi) is 4.46. The van der Waals surface area contributed by atoms with Crippen LogP contribution in [0.5, 0.6) is 5.75 Å². The van der Waals surface area contributed by atoms with E-state index in [-0.39, 0.29) is 22.6 Å². The van der Waals surface area contributed by atoms with E-state index < -0.39 is 5.82 Å². The van der Waals surface area contributed by atoms with Crippen molar-refractivity contribution in [1.29, 1.82) is 0 Å². The van der Waals surface area contributed by atoms with E-state index in [1.165, 1.54) is 19.1 Å². The summed E-state index contributed by atoms with van der Waals surface area (Å²) in [6.07, 6.45) is 0. The lowest BCUT2D eigenvalue weighted by atomic mass is 10.1. The van der Waals surface area contributed by atoms with E-state index in [0.717, 1.165) is 0 Å². The predicted octanol–water partition coefficient (Wildman–Crippen LogP) is 2.75. The van der Waals surface area contributed by atoms with Gasteiger partial charge in [-0.05, 0) is 47.0 Å². The highest BCUT2D eigenvalue weighted by molar-refractivity contribution is 5.96. The van der Waals surface area contributed by atoms with Crippen molar-refractivity contribution in [3.05, 3.63) is 29.6 Å². The molecule has 0 aliphatic carbocycles. The number of benzene rings is 1. The molecular formula is C14H20FNO2. The summed E-state index contributed by atoms with van der Waals surface area (Å²) in [5.41, 5.74) is 0.0423. The van der Waals surface area contributed by atoms with Crippen LogP contribution < -0.4 is 4.74 Å². The quantitative estimate of drug-likeness (QED) is 0.756. The second-order valence-electron chi connectivity index (χ2n) is 5.17. The number of nitrogens with zero attached hydrogens (tertiary/aromatic N) is 1. The third kappa shape index (κ3) is 3.29. The molecule has 0 saturated carbocycles. The number of ether oxygens (including phenoxy) is 1. The Morgan fingerprint density at radius 3 is 2.50 bits per heavy atom. The van der Waals surface area contributed by atoms with Gasteiger partial charge in [0.15, 0.2) is 17.3 Å². The topological polar surface area (TPSA) is 29.5 Å². The lowest BCUT2D eigenvalue weighted by molar-refractivity contribution is 0.0980. The summed E-state index contributed by atoms with van der Waals surface area (Å²) < 4.78 is 19.2. The Labute approximate surface area is 108 Å². The zero-order chi connectivity index (χ0) is 13.9. The fraction of sp³-hybridized carbons (Fsp3) is 0.500. The van der Waals surface area contributed by atoms with Crippen molar-refractivity contribution in [1.82, 2.24) is 4.90 Å². The minimum absolute atomic E-state index is 0.0416. The monoisotopic (exact) mass is 253 g/mol. The number of hydrogen-bond acceptors (Lipinski definition) is 3. The number of halogens is 1. The number of hydrogen-bond donors (Lipinski definition) is 0. The molecule has 0 bridgehead atoms. The standard InChI is InChI=1S/C14H20FNO2/c1-10(17)11-7-6-8-12(15)13(11)18-9-14(2,3)16(4)5/h6-8H,9H2,1-5H3. The summed E-state index contributed by atoms with van der Waals surface area (Å²) in [6, 6.07) is 4.38. The molecule has 0 fully saturated rings. The van der Waals surface area contributed by atoms with Crippen molar-refractivity contribution in [2.24, 2.45) is 0 Å². The Morgan fingerprint density at radius 1 is 1.39 bits per heavy atom. The van der Waals surface area contributed by atoms with Gasteiger partial charge in [0.1, 0.15) is 6.61 Å². The van der Waals surface area contributed by atoms with E-state index in [2.05, 4.69) is 0 Å². The second-order valence-corrected chi connectivity index (χ2v) is 5.17. The molecule has 1 aromatic rings. The molecule has 0 atom stereocenters. The average Bonchev–Trinajstić information content (AvgIpc) is 2.26. The maximum Gasteiger partial charge on any atom is 0.165 e. The van der Waals surface area contributed by atoms with Gasteiger partial charge in [0, 0.05) is 5.54 Å². The number of Topliss-reactive ketones (excluding diaryl/α,β-unsaturated/α-hetero) is 1. The summed E-state index contributed by atoms with van der Waals surface area (Å²) in [4.78, 5) is 13.4. The van der Waals surface area contributed by atoms with Gasteiger partial charge in [-0.1, -0.05) is 6.07 Å². The van der Waals surface area contributed by atoms with Gasteiger partial charge >= 0.3 is 0 Å². The molecule has 100 valence electrons. The Balaban J connectivity index is 2.95. The molecule has 4 heteroatoms. The summed E-state index contributed by atoms with van der Waals surface area (Å²) >= 11 is 0. The second kappa shape index (κ2) is 5.48. The van der Waals surface area contributed by atoms with Crippen LogP contribution in [0.4, 0.5) is 4.39 Å². The average molecular weight is 253 g/mol. The van der Waals surface area contributed by atoms with Gasteiger partial charge < -0.3 is 9.64 Å². The van der Waals surface area contributed by atoms with Crippen molar-refractivity contribution in [3.8, 4) is 5.75 Å². The van der Waals surface area contributed by atoms with Crippen LogP contribution in [0, 0.1) is 5.82 Å². The van der Waals surface area contributed by atoms with Crippen LogP contribution in [0.2, 0.25) is 0 Å². The molecule has 1 aromatic carbocycles. The molecule has 0 heterocycles. The third-order valence-corrected chi connectivity index (χ3v) is 3.13. The number of ketones is 1. The van der Waals surface area contributed by atoms with Gasteiger partial charge in [-0.3, -0.25) is 4.79 Å². The first-order chi connectivity index (χ1) is 8.25. The van der Waals surface area contributed by atoms with Gasteiger partial charge in [0.05, 0.1) is 5.56 Å². The Morgan fingerprint density at radius 2 is 2.00 bits per heavy atom. The third-order valence-electron chi connectivity index (χ3n) is 3.13. The van der Waals surface area contributed by atoms with Crippen molar-refractivity contribution in [3.63, 3.8) is 0 Å². The SMILES string of the molecule is CC(=O)c1cccc(F)c1OCC(C)(C)N(C)C. The lowest BCUT2D eigenvalue weighted by Crippen LogP contribution is -2.43. The molecule has 3 nitrogen and oxygen atoms in total. The zero-order valence-electron chi connectivity index (χ0n) is 11.6. The van der Waals surface area contributed by atoms with Crippen LogP contribution in [0.15, 0.2) is 18.2 Å². The number of carbonyl (C=O) groups is 1. The van der Waals surface area contributed by atoms with Crippen molar-refractivity contribution in [2.75, 3.05) is 20.7 Å². The molecule has 0 aliphatic rings. The predicted molar refractivity (Wildman–Crippen MR) is 69.7 cm³/mol. The fourth-order valence-electron chi connectivity index (χ4n) is 1.31. The molecule has 0 N–H and O–H groups in total. The van der Waals surface area contributed by atoms with E-state index in [4.69, 9.17) is 4.74 Å². The lowest BCUT2D eigenvalue weighted by Gasteiger charge is -2.32. The molecule has 0 unspecified atom stereocenters. The zero-order valence-corrected chi connectivity index (χ0v) is 11.6. The number of para-hydroxylation sites is 1. The highest BCUT2D eigenvalue weighted by atomic mass is 19.1. The minimum atomic E-state index is -0.503. The maximum atomic E-state index is 13.7. The number of rotatable bonds is 5. The van der Waals surface area contributed by atoms with E-state index in [1.807, 2.05) is 32.8 Å². The van der Waals surface area contributed by atoms with Crippen molar-refractivity contribution >= 4 is 5.78 Å². The smallest absolute Gasteiger partial charge is 0.165 e. The largest absolute Gasteiger partial charge is 0.488 e. The molecule has 0 spiro atoms. The minimum Gasteiger partial charge on any atom is -0.488 e. The Hall–Kier alpha value is -1.42. The normalized spacial score (nSPS) is 11.7. The molecule has 0 aromatic heterocycles. The van der Waals surface area contributed by atoms with Crippen LogP contribution in [0.3, 0.4) is 0 Å². The van der Waals surface area contributed by atoms with Crippen LogP contribution in [0.1, 0.15) is 31.1 Å². The summed E-state index contributed by atoms with van der Waals surface area (Å²) in [6.45, 7) is 5.68. The van der Waals surface area contributed by atoms with E-state index in [9.17, 15) is 9.18 Å². The van der Waals surface area contributed by atoms with Crippen LogP contribution >= 0.6 is 0 Å². The Bertz CT molecular complexity index is 441. The van der Waals surface area contributed by atoms with E-state index in [1.54, 1.807) is 6.07 Å². The van der Waals surface area contributed by atoms with Crippen LogP contribution in [-0.4, -0.2) is 36.9 Å². The highest BCUT2D eigenvalue weighted by Crippen LogP contribution is 2.24. The van der Waals surface area contributed by atoms with Gasteiger partial charge in [0.25, 0.3) is 0 Å². The summed E-state index contributed by atoms with van der Waals surface area (Å²) in [5.74, 6) is -0.663.